The summed E-state index contributed by atoms with van der Waals surface area (Å²) in [5.74, 6) is 1.78. The summed E-state index contributed by atoms with van der Waals surface area (Å²) in [5, 5.41) is 0. The molecule has 1 aliphatic heterocycles. The molecule has 3 rings (SSSR count). The van der Waals surface area contributed by atoms with E-state index in [1.54, 1.807) is 12.4 Å². The second-order valence-corrected chi connectivity index (χ2v) is 5.39. The minimum absolute atomic E-state index is 0.711. The Balaban J connectivity index is 1.51. The SMILES string of the molecule is CCOc1ccc(CN2CCN(c3ncccn3)CC2)cc1. The Morgan fingerprint density at radius 3 is 2.32 bits per heavy atom. The fourth-order valence-electron chi connectivity index (χ4n) is 2.68. The summed E-state index contributed by atoms with van der Waals surface area (Å²) in [6.07, 6.45) is 3.60. The van der Waals surface area contributed by atoms with Gasteiger partial charge in [0.2, 0.25) is 5.95 Å². The van der Waals surface area contributed by atoms with Gasteiger partial charge >= 0.3 is 0 Å². The summed E-state index contributed by atoms with van der Waals surface area (Å²) in [5.41, 5.74) is 1.33. The van der Waals surface area contributed by atoms with E-state index in [4.69, 9.17) is 4.74 Å². The first kappa shape index (κ1) is 14.8. The van der Waals surface area contributed by atoms with E-state index in [1.807, 2.05) is 25.1 Å². The molecule has 0 N–H and O–H groups in total. The monoisotopic (exact) mass is 298 g/mol. The third-order valence-electron chi connectivity index (χ3n) is 3.85. The third kappa shape index (κ3) is 3.74. The zero-order valence-corrected chi connectivity index (χ0v) is 13.0. The quantitative estimate of drug-likeness (QED) is 0.846. The molecular formula is C17H22N4O. The highest BCUT2D eigenvalue weighted by Crippen LogP contribution is 2.15. The van der Waals surface area contributed by atoms with Crippen molar-refractivity contribution in [2.75, 3.05) is 37.7 Å². The van der Waals surface area contributed by atoms with E-state index in [9.17, 15) is 0 Å². The molecule has 1 saturated heterocycles. The van der Waals surface area contributed by atoms with Crippen LogP contribution in [0.15, 0.2) is 42.7 Å². The maximum atomic E-state index is 5.48. The smallest absolute Gasteiger partial charge is 0.225 e. The second-order valence-electron chi connectivity index (χ2n) is 5.39. The van der Waals surface area contributed by atoms with E-state index >= 15 is 0 Å². The van der Waals surface area contributed by atoms with Crippen LogP contribution in [0.1, 0.15) is 12.5 Å². The molecule has 0 atom stereocenters. The summed E-state index contributed by atoms with van der Waals surface area (Å²) >= 11 is 0. The van der Waals surface area contributed by atoms with Gasteiger partial charge in [0.05, 0.1) is 6.61 Å². The van der Waals surface area contributed by atoms with Crippen molar-refractivity contribution in [3.8, 4) is 5.75 Å². The molecule has 5 heteroatoms. The van der Waals surface area contributed by atoms with Crippen LogP contribution in [0.4, 0.5) is 5.95 Å². The highest BCUT2D eigenvalue weighted by Gasteiger charge is 2.18. The normalized spacial score (nSPS) is 15.8. The predicted octanol–water partition coefficient (Wildman–Crippen LogP) is 2.20. The summed E-state index contributed by atoms with van der Waals surface area (Å²) in [6.45, 7) is 7.71. The van der Waals surface area contributed by atoms with Crippen LogP contribution in [-0.2, 0) is 6.54 Å². The molecule has 2 heterocycles. The van der Waals surface area contributed by atoms with Gasteiger partial charge in [0.25, 0.3) is 0 Å². The molecule has 0 saturated carbocycles. The molecule has 1 aromatic heterocycles. The van der Waals surface area contributed by atoms with Crippen molar-refractivity contribution in [2.24, 2.45) is 0 Å². The van der Waals surface area contributed by atoms with Crippen LogP contribution in [0.2, 0.25) is 0 Å². The van der Waals surface area contributed by atoms with Crippen molar-refractivity contribution < 1.29 is 4.74 Å². The molecule has 0 amide bonds. The number of anilines is 1. The molecule has 2 aromatic rings. The van der Waals surface area contributed by atoms with Gasteiger partial charge in [-0.2, -0.15) is 0 Å². The van der Waals surface area contributed by atoms with Crippen LogP contribution in [0.3, 0.4) is 0 Å². The maximum Gasteiger partial charge on any atom is 0.225 e. The van der Waals surface area contributed by atoms with Gasteiger partial charge in [-0.05, 0) is 30.7 Å². The van der Waals surface area contributed by atoms with Gasteiger partial charge in [-0.25, -0.2) is 9.97 Å². The van der Waals surface area contributed by atoms with Gasteiger partial charge in [0.1, 0.15) is 5.75 Å². The lowest BCUT2D eigenvalue weighted by Crippen LogP contribution is -2.46. The highest BCUT2D eigenvalue weighted by molar-refractivity contribution is 5.30. The molecule has 0 bridgehead atoms. The van der Waals surface area contributed by atoms with Gasteiger partial charge in [-0.3, -0.25) is 4.90 Å². The van der Waals surface area contributed by atoms with Gasteiger partial charge in [0, 0.05) is 45.1 Å². The summed E-state index contributed by atoms with van der Waals surface area (Å²) in [6, 6.07) is 10.3. The van der Waals surface area contributed by atoms with Crippen LogP contribution in [0.5, 0.6) is 5.75 Å². The topological polar surface area (TPSA) is 41.5 Å². The van der Waals surface area contributed by atoms with Gasteiger partial charge in [-0.1, -0.05) is 12.1 Å². The van der Waals surface area contributed by atoms with E-state index in [2.05, 4.69) is 31.9 Å². The van der Waals surface area contributed by atoms with Crippen molar-refractivity contribution in [3.63, 3.8) is 0 Å². The molecule has 116 valence electrons. The molecule has 5 nitrogen and oxygen atoms in total. The molecule has 1 aromatic carbocycles. The van der Waals surface area contributed by atoms with Crippen molar-refractivity contribution in [2.45, 2.75) is 13.5 Å². The molecule has 0 radical (unpaired) electrons. The van der Waals surface area contributed by atoms with Crippen LogP contribution in [0, 0.1) is 0 Å². The average Bonchev–Trinajstić information content (AvgIpc) is 2.58. The Kier molecular flexibility index (Phi) is 4.85. The van der Waals surface area contributed by atoms with Crippen LogP contribution in [-0.4, -0.2) is 47.7 Å². The van der Waals surface area contributed by atoms with Gasteiger partial charge < -0.3 is 9.64 Å². The zero-order chi connectivity index (χ0) is 15.2. The number of ether oxygens (including phenoxy) is 1. The Bertz CT molecular complexity index is 565. The third-order valence-corrected chi connectivity index (χ3v) is 3.85. The summed E-state index contributed by atoms with van der Waals surface area (Å²) < 4.78 is 5.48. The van der Waals surface area contributed by atoms with Crippen molar-refractivity contribution in [1.82, 2.24) is 14.9 Å². The zero-order valence-electron chi connectivity index (χ0n) is 13.0. The van der Waals surface area contributed by atoms with Crippen LogP contribution >= 0.6 is 0 Å². The lowest BCUT2D eigenvalue weighted by Gasteiger charge is -2.34. The maximum absolute atomic E-state index is 5.48. The average molecular weight is 298 g/mol. The number of hydrogen-bond donors (Lipinski definition) is 0. The largest absolute Gasteiger partial charge is 0.494 e. The van der Waals surface area contributed by atoms with Crippen molar-refractivity contribution >= 4 is 5.95 Å². The fourth-order valence-corrected chi connectivity index (χ4v) is 2.68. The van der Waals surface area contributed by atoms with E-state index in [1.165, 1.54) is 5.56 Å². The van der Waals surface area contributed by atoms with Gasteiger partial charge in [0.15, 0.2) is 0 Å². The molecular weight excluding hydrogens is 276 g/mol. The number of nitrogens with zero attached hydrogens (tertiary/aromatic N) is 4. The highest BCUT2D eigenvalue weighted by atomic mass is 16.5. The number of rotatable bonds is 5. The van der Waals surface area contributed by atoms with Gasteiger partial charge in [-0.15, -0.1) is 0 Å². The molecule has 0 unspecified atom stereocenters. The number of piperazine rings is 1. The number of hydrogen-bond acceptors (Lipinski definition) is 5. The Hall–Kier alpha value is -2.14. The first-order valence-electron chi connectivity index (χ1n) is 7.81. The van der Waals surface area contributed by atoms with Crippen LogP contribution in [0.25, 0.3) is 0 Å². The predicted molar refractivity (Wildman–Crippen MR) is 87.1 cm³/mol. The summed E-state index contributed by atoms with van der Waals surface area (Å²) in [7, 11) is 0. The Morgan fingerprint density at radius 1 is 1.00 bits per heavy atom. The molecule has 22 heavy (non-hydrogen) atoms. The molecule has 0 aliphatic carbocycles. The standard InChI is InChI=1S/C17H22N4O/c1-2-22-16-6-4-15(5-7-16)14-20-10-12-21(13-11-20)17-18-8-3-9-19-17/h3-9H,2,10-14H2,1H3. The van der Waals surface area contributed by atoms with E-state index in [0.717, 1.165) is 44.4 Å². The number of aromatic nitrogens is 2. The lowest BCUT2D eigenvalue weighted by atomic mass is 10.2. The van der Waals surface area contributed by atoms with E-state index < -0.39 is 0 Å². The lowest BCUT2D eigenvalue weighted by molar-refractivity contribution is 0.248. The van der Waals surface area contributed by atoms with E-state index in [-0.39, 0.29) is 0 Å². The van der Waals surface area contributed by atoms with E-state index in [0.29, 0.717) is 6.61 Å². The first-order chi connectivity index (χ1) is 10.8. The van der Waals surface area contributed by atoms with Crippen molar-refractivity contribution in [1.29, 1.82) is 0 Å². The molecule has 0 spiro atoms. The first-order valence-corrected chi connectivity index (χ1v) is 7.81. The van der Waals surface area contributed by atoms with Crippen molar-refractivity contribution in [3.05, 3.63) is 48.3 Å². The minimum atomic E-state index is 0.711. The Morgan fingerprint density at radius 2 is 1.68 bits per heavy atom. The minimum Gasteiger partial charge on any atom is -0.494 e. The van der Waals surface area contributed by atoms with Crippen LogP contribution < -0.4 is 9.64 Å². The summed E-state index contributed by atoms with van der Waals surface area (Å²) in [4.78, 5) is 13.4. The fraction of sp³-hybridized carbons (Fsp3) is 0.412. The molecule has 1 aliphatic rings. The molecule has 1 fully saturated rings. The Labute approximate surface area is 131 Å². The number of benzene rings is 1. The second kappa shape index (κ2) is 7.22.